The van der Waals surface area contributed by atoms with E-state index in [0.717, 1.165) is 17.7 Å². The van der Waals surface area contributed by atoms with Crippen LogP contribution in [0.2, 0.25) is 0 Å². The minimum Gasteiger partial charge on any atom is -0.494 e. The van der Waals surface area contributed by atoms with Gasteiger partial charge in [-0.15, -0.1) is 0 Å². The molecule has 0 saturated carbocycles. The average Bonchev–Trinajstić information content (AvgIpc) is 3.44. The number of rotatable bonds is 12. The Morgan fingerprint density at radius 1 is 1.00 bits per heavy atom. The van der Waals surface area contributed by atoms with E-state index in [1.807, 2.05) is 30.3 Å². The molecule has 236 valence electrons. The summed E-state index contributed by atoms with van der Waals surface area (Å²) in [7, 11) is 0. The van der Waals surface area contributed by atoms with E-state index >= 15 is 0 Å². The van der Waals surface area contributed by atoms with Crippen LogP contribution in [0, 0.1) is 0 Å². The molecular formula is C34H30F3N5O4. The number of ether oxygens (including phenoxy) is 2. The molecular weight excluding hydrogens is 599 g/mol. The fourth-order valence-corrected chi connectivity index (χ4v) is 5.21. The summed E-state index contributed by atoms with van der Waals surface area (Å²) in [6.07, 6.45) is -5.08. The zero-order valence-corrected chi connectivity index (χ0v) is 24.5. The first-order valence-corrected chi connectivity index (χ1v) is 14.5. The molecule has 5 rings (SSSR count). The minimum absolute atomic E-state index is 0.000758. The molecule has 0 spiro atoms. The summed E-state index contributed by atoms with van der Waals surface area (Å²) in [6, 6.07) is 27.5. The molecule has 1 aliphatic heterocycles. The number of aliphatic hydroxyl groups excluding tert-OH is 1. The number of azide groups is 1. The van der Waals surface area contributed by atoms with Gasteiger partial charge in [0, 0.05) is 47.7 Å². The zero-order chi connectivity index (χ0) is 32.6. The fourth-order valence-electron chi connectivity index (χ4n) is 5.21. The van der Waals surface area contributed by atoms with Gasteiger partial charge >= 0.3 is 6.18 Å². The summed E-state index contributed by atoms with van der Waals surface area (Å²) in [4.78, 5) is 22.3. The zero-order valence-electron chi connectivity index (χ0n) is 24.5. The van der Waals surface area contributed by atoms with E-state index in [4.69, 9.17) is 19.6 Å². The summed E-state index contributed by atoms with van der Waals surface area (Å²) in [5, 5.41) is 15.7. The van der Waals surface area contributed by atoms with Crippen molar-refractivity contribution in [1.29, 1.82) is 0 Å². The number of alkyl halides is 3. The van der Waals surface area contributed by atoms with E-state index in [2.05, 4.69) is 15.3 Å². The van der Waals surface area contributed by atoms with Crippen molar-refractivity contribution in [3.63, 3.8) is 0 Å². The maximum Gasteiger partial charge on any atom is 0.416 e. The van der Waals surface area contributed by atoms with Gasteiger partial charge in [-0.05, 0) is 53.1 Å². The largest absolute Gasteiger partial charge is 0.494 e. The van der Waals surface area contributed by atoms with Gasteiger partial charge < -0.3 is 19.9 Å². The average molecular weight is 630 g/mol. The van der Waals surface area contributed by atoms with Crippen molar-refractivity contribution in [3.8, 4) is 5.75 Å². The Morgan fingerprint density at radius 2 is 1.72 bits per heavy atom. The quantitative estimate of drug-likeness (QED) is 0.0742. The molecule has 0 unspecified atom stereocenters. The first-order valence-electron chi connectivity index (χ1n) is 14.5. The van der Waals surface area contributed by atoms with Crippen LogP contribution in [-0.4, -0.2) is 35.7 Å². The number of nitrogens with zero attached hydrogens (tertiary/aromatic N) is 4. The molecule has 4 aromatic carbocycles. The molecule has 9 nitrogen and oxygen atoms in total. The predicted octanol–water partition coefficient (Wildman–Crippen LogP) is 7.22. The van der Waals surface area contributed by atoms with Crippen molar-refractivity contribution >= 4 is 17.5 Å². The third-order valence-corrected chi connectivity index (χ3v) is 7.43. The molecule has 0 saturated heterocycles. The molecule has 12 heteroatoms. The van der Waals surface area contributed by atoms with Crippen molar-refractivity contribution in [1.82, 2.24) is 5.32 Å². The number of hydrogen-bond acceptors (Lipinski definition) is 6. The van der Waals surface area contributed by atoms with E-state index in [-0.39, 0.29) is 36.7 Å². The molecule has 0 fully saturated rings. The Balaban J connectivity index is 1.58. The van der Waals surface area contributed by atoms with Gasteiger partial charge in [-0.1, -0.05) is 71.8 Å². The Hall–Kier alpha value is -5.32. The van der Waals surface area contributed by atoms with Crippen LogP contribution in [0.1, 0.15) is 40.3 Å². The fraction of sp³-hybridized carbons (Fsp3) is 0.235. The standard InChI is InChI=1S/C34H30F3N5O4/c35-34(36,37)26-11-6-10-24(20-26)22-39-32(44)33(21-23-8-2-1-3-9-23)30(28-12-4-5-13-29(28)41-42-38)46-31(40-33)25-14-16-27(17-15-25)45-19-7-18-43/h1-6,8-17,20,30,43H,7,18-19,21-22H2,(H,39,44)/t30-,33-/m1/s1. The van der Waals surface area contributed by atoms with Crippen LogP contribution < -0.4 is 10.1 Å². The van der Waals surface area contributed by atoms with Gasteiger partial charge in [-0.25, -0.2) is 4.99 Å². The topological polar surface area (TPSA) is 129 Å². The van der Waals surface area contributed by atoms with E-state index in [1.54, 1.807) is 48.5 Å². The second kappa shape index (κ2) is 14.2. The number of aliphatic hydroxyl groups is 1. The summed E-state index contributed by atoms with van der Waals surface area (Å²) in [5.41, 5.74) is 9.00. The summed E-state index contributed by atoms with van der Waals surface area (Å²) < 4.78 is 52.3. The van der Waals surface area contributed by atoms with Crippen LogP contribution in [-0.2, 0) is 28.7 Å². The van der Waals surface area contributed by atoms with Crippen molar-refractivity contribution < 1.29 is 32.5 Å². The normalized spacial score (nSPS) is 17.4. The molecule has 2 N–H and O–H groups in total. The molecule has 4 aromatic rings. The van der Waals surface area contributed by atoms with E-state index < -0.39 is 29.3 Å². The lowest BCUT2D eigenvalue weighted by Crippen LogP contribution is -2.49. The van der Waals surface area contributed by atoms with Gasteiger partial charge in [0.05, 0.1) is 12.2 Å². The van der Waals surface area contributed by atoms with Crippen LogP contribution in [0.25, 0.3) is 10.4 Å². The highest BCUT2D eigenvalue weighted by molar-refractivity contribution is 6.01. The number of carbonyl (C=O) groups excluding carboxylic acids is 1. The highest BCUT2D eigenvalue weighted by atomic mass is 19.4. The number of aliphatic imine (C=N–C) groups is 1. The first-order chi connectivity index (χ1) is 22.2. The van der Waals surface area contributed by atoms with E-state index in [1.165, 1.54) is 12.1 Å². The van der Waals surface area contributed by atoms with Crippen molar-refractivity contribution in [2.75, 3.05) is 13.2 Å². The molecule has 46 heavy (non-hydrogen) atoms. The number of nitrogens with one attached hydrogen (secondary N) is 1. The number of benzene rings is 4. The molecule has 1 aliphatic rings. The molecule has 2 atom stereocenters. The van der Waals surface area contributed by atoms with Crippen molar-refractivity contribution in [2.45, 2.75) is 37.2 Å². The van der Waals surface area contributed by atoms with Crippen LogP contribution in [0.5, 0.6) is 5.75 Å². The molecule has 1 amide bonds. The van der Waals surface area contributed by atoms with E-state index in [0.29, 0.717) is 29.9 Å². The number of amides is 1. The Bertz CT molecular complexity index is 1740. The highest BCUT2D eigenvalue weighted by Gasteiger charge is 2.53. The molecule has 0 bridgehead atoms. The van der Waals surface area contributed by atoms with Crippen LogP contribution in [0.15, 0.2) is 113 Å². The SMILES string of the molecule is [N-]=[N+]=Nc1ccccc1[C@H]1OC(c2ccc(OCCCO)cc2)=N[C@@]1(Cc1ccccc1)C(=O)NCc1cccc(C(F)(F)F)c1. The van der Waals surface area contributed by atoms with Gasteiger partial charge in [0.1, 0.15) is 5.75 Å². The third kappa shape index (κ3) is 7.31. The van der Waals surface area contributed by atoms with Gasteiger partial charge in [0.25, 0.3) is 5.91 Å². The lowest BCUT2D eigenvalue weighted by Gasteiger charge is -2.31. The monoisotopic (exact) mass is 629 g/mol. The van der Waals surface area contributed by atoms with Gasteiger partial charge in [0.15, 0.2) is 11.6 Å². The predicted molar refractivity (Wildman–Crippen MR) is 165 cm³/mol. The second-order valence-corrected chi connectivity index (χ2v) is 10.6. The van der Waals surface area contributed by atoms with E-state index in [9.17, 15) is 23.5 Å². The van der Waals surface area contributed by atoms with Crippen LogP contribution in [0.3, 0.4) is 0 Å². The lowest BCUT2D eigenvalue weighted by molar-refractivity contribution is -0.137. The number of hydrogen-bond donors (Lipinski definition) is 2. The molecule has 0 aliphatic carbocycles. The van der Waals surface area contributed by atoms with Crippen LogP contribution in [0.4, 0.5) is 18.9 Å². The Labute approximate surface area is 263 Å². The Kier molecular flexibility index (Phi) is 9.90. The smallest absolute Gasteiger partial charge is 0.416 e. The lowest BCUT2D eigenvalue weighted by atomic mass is 9.81. The second-order valence-electron chi connectivity index (χ2n) is 10.6. The minimum atomic E-state index is -4.54. The van der Waals surface area contributed by atoms with Crippen molar-refractivity contribution in [2.24, 2.45) is 10.1 Å². The van der Waals surface area contributed by atoms with Gasteiger partial charge in [0.2, 0.25) is 5.90 Å². The maximum atomic E-state index is 14.4. The van der Waals surface area contributed by atoms with Gasteiger partial charge in [-0.3, -0.25) is 4.79 Å². The highest BCUT2D eigenvalue weighted by Crippen LogP contribution is 2.45. The number of carbonyl (C=O) groups is 1. The first kappa shape index (κ1) is 32.1. The molecule has 0 radical (unpaired) electrons. The third-order valence-electron chi connectivity index (χ3n) is 7.43. The maximum absolute atomic E-state index is 14.4. The van der Waals surface area contributed by atoms with Crippen molar-refractivity contribution in [3.05, 3.63) is 141 Å². The summed E-state index contributed by atoms with van der Waals surface area (Å²) >= 11 is 0. The Morgan fingerprint density at radius 3 is 2.43 bits per heavy atom. The van der Waals surface area contributed by atoms with Gasteiger partial charge in [-0.2, -0.15) is 13.2 Å². The summed E-state index contributed by atoms with van der Waals surface area (Å²) in [5.74, 6) is 0.122. The molecule has 1 heterocycles. The summed E-state index contributed by atoms with van der Waals surface area (Å²) in [6.45, 7) is 0.132. The molecule has 0 aromatic heterocycles. The number of halogens is 3. The van der Waals surface area contributed by atoms with Crippen LogP contribution >= 0.6 is 0 Å².